The van der Waals surface area contributed by atoms with Crippen LogP contribution in [0.5, 0.6) is 11.5 Å². The lowest BCUT2D eigenvalue weighted by Gasteiger charge is -2.31. The first-order valence-electron chi connectivity index (χ1n) is 10.2. The summed E-state index contributed by atoms with van der Waals surface area (Å²) in [4.78, 5) is 14.9. The quantitative estimate of drug-likeness (QED) is 0.733. The van der Waals surface area contributed by atoms with Gasteiger partial charge in [-0.25, -0.2) is 0 Å². The smallest absolute Gasteiger partial charge is 0.228 e. The minimum atomic E-state index is -0.0816. The predicted molar refractivity (Wildman–Crippen MR) is 115 cm³/mol. The first kappa shape index (κ1) is 21.0. The molecule has 6 nitrogen and oxygen atoms in total. The largest absolute Gasteiger partial charge is 0.492 e. The van der Waals surface area contributed by atoms with Gasteiger partial charge in [-0.05, 0) is 31.9 Å². The number of nitrogens with zero attached hydrogens (tertiary/aromatic N) is 1. The lowest BCUT2D eigenvalue weighted by atomic mass is 10.1. The van der Waals surface area contributed by atoms with Crippen LogP contribution in [-0.2, 0) is 16.0 Å². The van der Waals surface area contributed by atoms with E-state index in [9.17, 15) is 4.79 Å². The zero-order valence-electron chi connectivity index (χ0n) is 17.5. The minimum Gasteiger partial charge on any atom is -0.492 e. The number of hydrogen-bond acceptors (Lipinski definition) is 5. The molecule has 0 radical (unpaired) electrons. The van der Waals surface area contributed by atoms with Gasteiger partial charge in [0.15, 0.2) is 0 Å². The Morgan fingerprint density at radius 3 is 2.45 bits per heavy atom. The Hall–Kier alpha value is -2.73. The van der Waals surface area contributed by atoms with E-state index in [-0.39, 0.29) is 5.91 Å². The summed E-state index contributed by atoms with van der Waals surface area (Å²) in [6, 6.07) is 11.7. The van der Waals surface area contributed by atoms with Crippen LogP contribution in [0.25, 0.3) is 0 Å². The van der Waals surface area contributed by atoms with E-state index in [0.29, 0.717) is 44.3 Å². The van der Waals surface area contributed by atoms with Crippen molar-refractivity contribution in [1.82, 2.24) is 0 Å². The molecule has 1 aliphatic rings. The van der Waals surface area contributed by atoms with Crippen LogP contribution in [-0.4, -0.2) is 45.4 Å². The lowest BCUT2D eigenvalue weighted by molar-refractivity contribution is -0.115. The molecule has 0 atom stereocenters. The fourth-order valence-electron chi connectivity index (χ4n) is 3.42. The second-order valence-electron chi connectivity index (χ2n) is 6.93. The maximum atomic E-state index is 12.7. The van der Waals surface area contributed by atoms with Crippen molar-refractivity contribution in [3.63, 3.8) is 0 Å². The molecule has 1 N–H and O–H groups in total. The van der Waals surface area contributed by atoms with E-state index in [1.807, 2.05) is 57.2 Å². The van der Waals surface area contributed by atoms with Gasteiger partial charge in [0.05, 0.1) is 44.2 Å². The van der Waals surface area contributed by atoms with Gasteiger partial charge in [0.25, 0.3) is 0 Å². The minimum absolute atomic E-state index is 0.0816. The average molecular weight is 399 g/mol. The van der Waals surface area contributed by atoms with Gasteiger partial charge in [-0.2, -0.15) is 0 Å². The number of amides is 1. The van der Waals surface area contributed by atoms with Crippen LogP contribution in [0.4, 0.5) is 11.4 Å². The van der Waals surface area contributed by atoms with Crippen LogP contribution in [0.1, 0.15) is 25.0 Å². The molecule has 2 aromatic rings. The Morgan fingerprint density at radius 2 is 1.76 bits per heavy atom. The third kappa shape index (κ3) is 5.41. The number of aryl methyl sites for hydroxylation is 1. The van der Waals surface area contributed by atoms with Crippen molar-refractivity contribution in [2.45, 2.75) is 27.2 Å². The second-order valence-corrected chi connectivity index (χ2v) is 6.93. The number of hydrogen-bond donors (Lipinski definition) is 1. The predicted octanol–water partition coefficient (Wildman–Crippen LogP) is 3.81. The van der Waals surface area contributed by atoms with Gasteiger partial charge >= 0.3 is 0 Å². The summed E-state index contributed by atoms with van der Waals surface area (Å²) in [6.45, 7) is 9.92. The molecule has 1 aliphatic heterocycles. The fraction of sp³-hybridized carbons (Fsp3) is 0.435. The second kappa shape index (κ2) is 10.2. The van der Waals surface area contributed by atoms with Crippen molar-refractivity contribution in [3.05, 3.63) is 47.5 Å². The molecule has 0 saturated carbocycles. The first-order chi connectivity index (χ1) is 14.1. The molecule has 29 heavy (non-hydrogen) atoms. The molecular weight excluding hydrogens is 368 g/mol. The molecule has 3 rings (SSSR count). The number of carbonyl (C=O) groups is 1. The molecule has 2 aromatic carbocycles. The van der Waals surface area contributed by atoms with E-state index in [2.05, 4.69) is 10.2 Å². The number of carbonyl (C=O) groups excluding carboxylic acids is 1. The van der Waals surface area contributed by atoms with E-state index in [1.54, 1.807) is 0 Å². The van der Waals surface area contributed by atoms with E-state index >= 15 is 0 Å². The molecule has 0 unspecified atom stereocenters. The zero-order valence-corrected chi connectivity index (χ0v) is 17.5. The highest BCUT2D eigenvalue weighted by molar-refractivity contribution is 5.94. The topological polar surface area (TPSA) is 60.0 Å². The summed E-state index contributed by atoms with van der Waals surface area (Å²) in [6.07, 6.45) is 0.313. The van der Waals surface area contributed by atoms with Crippen molar-refractivity contribution in [3.8, 4) is 11.5 Å². The maximum absolute atomic E-state index is 12.7. The van der Waals surface area contributed by atoms with Gasteiger partial charge in [-0.3, -0.25) is 4.79 Å². The Bertz CT molecular complexity index is 832. The van der Waals surface area contributed by atoms with Crippen molar-refractivity contribution < 1.29 is 19.0 Å². The number of ether oxygens (including phenoxy) is 3. The van der Waals surface area contributed by atoms with Gasteiger partial charge in [0.1, 0.15) is 11.5 Å². The van der Waals surface area contributed by atoms with Gasteiger partial charge in [-0.1, -0.05) is 24.3 Å². The SMILES string of the molecule is CCOc1cc(N2CCOCC2)c(OCC)cc1NC(=O)Cc1ccccc1C. The summed E-state index contributed by atoms with van der Waals surface area (Å²) in [5, 5.41) is 3.01. The molecule has 1 heterocycles. The fourth-order valence-corrected chi connectivity index (χ4v) is 3.42. The molecule has 156 valence electrons. The van der Waals surface area contributed by atoms with E-state index in [1.165, 1.54) is 0 Å². The summed E-state index contributed by atoms with van der Waals surface area (Å²) in [5.74, 6) is 1.31. The van der Waals surface area contributed by atoms with Gasteiger partial charge < -0.3 is 24.4 Å². The van der Waals surface area contributed by atoms with E-state index < -0.39 is 0 Å². The highest BCUT2D eigenvalue weighted by Crippen LogP contribution is 2.39. The molecule has 1 fully saturated rings. The Labute approximate surface area is 172 Å². The number of rotatable bonds is 8. The van der Waals surface area contributed by atoms with Crippen molar-refractivity contribution in [2.24, 2.45) is 0 Å². The first-order valence-corrected chi connectivity index (χ1v) is 10.2. The third-order valence-electron chi connectivity index (χ3n) is 4.90. The summed E-state index contributed by atoms with van der Waals surface area (Å²) in [5.41, 5.74) is 3.71. The number of benzene rings is 2. The molecular formula is C23H30N2O4. The standard InChI is InChI=1S/C23H30N2O4/c1-4-28-21-16-20(25-10-12-27-13-11-25)22(29-5-2)15-19(21)24-23(26)14-18-9-7-6-8-17(18)3/h6-9,15-16H,4-5,10-14H2,1-3H3,(H,24,26). The van der Waals surface area contributed by atoms with Crippen molar-refractivity contribution >= 4 is 17.3 Å². The van der Waals surface area contributed by atoms with Crippen LogP contribution >= 0.6 is 0 Å². The number of morpholine rings is 1. The molecule has 0 bridgehead atoms. The third-order valence-corrected chi connectivity index (χ3v) is 4.90. The van der Waals surface area contributed by atoms with Gasteiger partial charge in [0, 0.05) is 25.2 Å². The summed E-state index contributed by atoms with van der Waals surface area (Å²) >= 11 is 0. The molecule has 0 aliphatic carbocycles. The molecule has 6 heteroatoms. The highest BCUT2D eigenvalue weighted by Gasteiger charge is 2.20. The van der Waals surface area contributed by atoms with Crippen LogP contribution in [0, 0.1) is 6.92 Å². The summed E-state index contributed by atoms with van der Waals surface area (Å²) in [7, 11) is 0. The van der Waals surface area contributed by atoms with Crippen LogP contribution in [0.15, 0.2) is 36.4 Å². The van der Waals surface area contributed by atoms with Crippen molar-refractivity contribution in [2.75, 3.05) is 49.7 Å². The average Bonchev–Trinajstić information content (AvgIpc) is 2.72. The van der Waals surface area contributed by atoms with Gasteiger partial charge in [-0.15, -0.1) is 0 Å². The number of nitrogens with one attached hydrogen (secondary N) is 1. The Kier molecular flexibility index (Phi) is 7.36. The molecule has 0 aromatic heterocycles. The Morgan fingerprint density at radius 1 is 1.07 bits per heavy atom. The molecule has 1 amide bonds. The van der Waals surface area contributed by atoms with Gasteiger partial charge in [0.2, 0.25) is 5.91 Å². The normalized spacial score (nSPS) is 13.8. The zero-order chi connectivity index (χ0) is 20.6. The Balaban J connectivity index is 1.86. The maximum Gasteiger partial charge on any atom is 0.228 e. The van der Waals surface area contributed by atoms with Crippen LogP contribution < -0.4 is 19.7 Å². The monoisotopic (exact) mass is 398 g/mol. The van der Waals surface area contributed by atoms with Crippen LogP contribution in [0.2, 0.25) is 0 Å². The van der Waals surface area contributed by atoms with E-state index in [0.717, 1.165) is 35.7 Å². The van der Waals surface area contributed by atoms with Crippen LogP contribution in [0.3, 0.4) is 0 Å². The van der Waals surface area contributed by atoms with Crippen molar-refractivity contribution in [1.29, 1.82) is 0 Å². The highest BCUT2D eigenvalue weighted by atomic mass is 16.5. The molecule has 0 spiro atoms. The number of anilines is 2. The molecule has 1 saturated heterocycles. The van der Waals surface area contributed by atoms with E-state index in [4.69, 9.17) is 14.2 Å². The summed E-state index contributed by atoms with van der Waals surface area (Å²) < 4.78 is 17.2. The lowest BCUT2D eigenvalue weighted by Crippen LogP contribution is -2.36.